The maximum atomic E-state index is 12.6. The zero-order chi connectivity index (χ0) is 21.8. The predicted molar refractivity (Wildman–Crippen MR) is 121 cm³/mol. The lowest BCUT2D eigenvalue weighted by atomic mass is 10.1. The van der Waals surface area contributed by atoms with Gasteiger partial charge in [0.05, 0.1) is 5.69 Å². The van der Waals surface area contributed by atoms with Crippen LogP contribution in [0.5, 0.6) is 11.5 Å². The first-order valence-corrected chi connectivity index (χ1v) is 10.7. The maximum Gasteiger partial charge on any atom is 0.247 e. The summed E-state index contributed by atoms with van der Waals surface area (Å²) in [7, 11) is 0. The van der Waals surface area contributed by atoms with Gasteiger partial charge in [-0.1, -0.05) is 36.0 Å². The number of carbonyl (C=O) groups is 2. The van der Waals surface area contributed by atoms with Crippen LogP contribution in [0.3, 0.4) is 0 Å². The molecule has 2 aliphatic heterocycles. The Morgan fingerprint density at radius 3 is 2.71 bits per heavy atom. The molecule has 2 heterocycles. The van der Waals surface area contributed by atoms with Crippen molar-refractivity contribution in [2.45, 2.75) is 31.4 Å². The summed E-state index contributed by atoms with van der Waals surface area (Å²) in [5, 5.41) is 7.76. The largest absolute Gasteiger partial charge is 0.454 e. The molecule has 0 saturated carbocycles. The van der Waals surface area contributed by atoms with Crippen molar-refractivity contribution < 1.29 is 19.1 Å². The average molecular weight is 439 g/mol. The van der Waals surface area contributed by atoms with Crippen LogP contribution in [0.25, 0.3) is 0 Å². The van der Waals surface area contributed by atoms with Crippen molar-refractivity contribution in [3.63, 3.8) is 0 Å². The Morgan fingerprint density at radius 1 is 1.13 bits per heavy atom. The molecule has 2 aromatic rings. The molecular weight excluding hydrogens is 416 g/mol. The number of amidine groups is 1. The standard InChI is InChI=1S/C22H22N4O4S/c1-14(7-8-15-9-10-17-18(11-15)30-13-29-17)24-25-22(23)31-19-12-20(27)26(21(19)28)16-5-3-2-4-6-16/h2-6,9-11,19H,7-8,12-13H2,1H3,(H2,23,25)/t19-/m0/s1. The molecule has 160 valence electrons. The number of ether oxygens (including phenoxy) is 2. The Labute approximate surface area is 184 Å². The fraction of sp³-hybridized carbons (Fsp3) is 0.273. The molecule has 0 unspecified atom stereocenters. The number of nitrogens with zero attached hydrogens (tertiary/aromatic N) is 3. The van der Waals surface area contributed by atoms with Crippen LogP contribution in [0, 0.1) is 0 Å². The Morgan fingerprint density at radius 2 is 1.90 bits per heavy atom. The molecule has 0 bridgehead atoms. The predicted octanol–water partition coefficient (Wildman–Crippen LogP) is 3.10. The highest BCUT2D eigenvalue weighted by molar-refractivity contribution is 8.14. The van der Waals surface area contributed by atoms with Crippen molar-refractivity contribution in [2.75, 3.05) is 11.7 Å². The van der Waals surface area contributed by atoms with Gasteiger partial charge in [-0.15, -0.1) is 5.10 Å². The molecule has 2 aromatic carbocycles. The Balaban J connectivity index is 1.32. The molecule has 0 aliphatic carbocycles. The highest BCUT2D eigenvalue weighted by Gasteiger charge is 2.40. The number of hydrogen-bond acceptors (Lipinski definition) is 7. The van der Waals surface area contributed by atoms with E-state index >= 15 is 0 Å². The highest BCUT2D eigenvalue weighted by Crippen LogP contribution is 2.33. The molecule has 2 amide bonds. The summed E-state index contributed by atoms with van der Waals surface area (Å²) in [5.74, 6) is 0.980. The van der Waals surface area contributed by atoms with E-state index in [1.807, 2.05) is 31.2 Å². The summed E-state index contributed by atoms with van der Waals surface area (Å²) in [4.78, 5) is 26.1. The third kappa shape index (κ3) is 4.88. The SMILES string of the molecule is CC(CCc1ccc2c(c1)OCO2)=NN=C(N)S[C@H]1CC(=O)N(c2ccccc2)C1=O. The number of thioether (sulfide) groups is 1. The molecule has 8 nitrogen and oxygen atoms in total. The fourth-order valence-electron chi connectivity index (χ4n) is 3.32. The van der Waals surface area contributed by atoms with Gasteiger partial charge >= 0.3 is 0 Å². The van der Waals surface area contributed by atoms with Crippen molar-refractivity contribution in [1.82, 2.24) is 0 Å². The first kappa shape index (κ1) is 20.9. The van der Waals surface area contributed by atoms with E-state index in [0.717, 1.165) is 41.0 Å². The van der Waals surface area contributed by atoms with Crippen molar-refractivity contribution >= 4 is 40.1 Å². The number of anilines is 1. The van der Waals surface area contributed by atoms with Gasteiger partial charge in [0.15, 0.2) is 16.7 Å². The summed E-state index contributed by atoms with van der Waals surface area (Å²) in [6.45, 7) is 2.12. The second-order valence-corrected chi connectivity index (χ2v) is 8.40. The number of aryl methyl sites for hydroxylation is 1. The van der Waals surface area contributed by atoms with E-state index < -0.39 is 5.25 Å². The summed E-state index contributed by atoms with van der Waals surface area (Å²) >= 11 is 1.07. The molecule has 0 aromatic heterocycles. The third-order valence-electron chi connectivity index (χ3n) is 4.91. The lowest BCUT2D eigenvalue weighted by Crippen LogP contribution is -2.31. The number of hydrogen-bond donors (Lipinski definition) is 1. The molecule has 9 heteroatoms. The number of fused-ring (bicyclic) bond motifs is 1. The first-order chi connectivity index (χ1) is 15.0. The van der Waals surface area contributed by atoms with E-state index in [1.54, 1.807) is 24.3 Å². The van der Waals surface area contributed by atoms with Crippen molar-refractivity contribution in [2.24, 2.45) is 15.9 Å². The molecule has 0 radical (unpaired) electrons. The van der Waals surface area contributed by atoms with Gasteiger partial charge in [-0.3, -0.25) is 9.59 Å². The number of imide groups is 1. The summed E-state index contributed by atoms with van der Waals surface area (Å²) in [6, 6.07) is 14.7. The Hall–Kier alpha value is -3.33. The van der Waals surface area contributed by atoms with Gasteiger partial charge in [0.25, 0.3) is 0 Å². The molecule has 2 N–H and O–H groups in total. The van der Waals surface area contributed by atoms with E-state index in [0.29, 0.717) is 12.1 Å². The molecule has 4 rings (SSSR count). The van der Waals surface area contributed by atoms with Crippen molar-refractivity contribution in [3.8, 4) is 11.5 Å². The van der Waals surface area contributed by atoms with Gasteiger partial charge in [0.1, 0.15) is 5.25 Å². The van der Waals surface area contributed by atoms with Gasteiger partial charge in [-0.05, 0) is 49.6 Å². The second kappa shape index (κ2) is 9.22. The van der Waals surface area contributed by atoms with E-state index in [1.165, 1.54) is 4.90 Å². The normalized spacial score (nSPS) is 18.7. The second-order valence-electron chi connectivity index (χ2n) is 7.17. The molecule has 2 aliphatic rings. The Bertz CT molecular complexity index is 1050. The summed E-state index contributed by atoms with van der Waals surface area (Å²) in [6.07, 6.45) is 1.56. The zero-order valence-electron chi connectivity index (χ0n) is 17.0. The fourth-order valence-corrected chi connectivity index (χ4v) is 4.13. The topological polar surface area (TPSA) is 107 Å². The monoisotopic (exact) mass is 438 g/mol. The van der Waals surface area contributed by atoms with Crippen LogP contribution < -0.4 is 20.1 Å². The number of amides is 2. The van der Waals surface area contributed by atoms with E-state index in [9.17, 15) is 9.59 Å². The van der Waals surface area contributed by atoms with Crippen LogP contribution in [-0.2, 0) is 16.0 Å². The van der Waals surface area contributed by atoms with Gasteiger partial charge in [-0.25, -0.2) is 4.90 Å². The van der Waals surface area contributed by atoms with Crippen molar-refractivity contribution in [1.29, 1.82) is 0 Å². The maximum absolute atomic E-state index is 12.6. The van der Waals surface area contributed by atoms with Gasteiger partial charge in [-0.2, -0.15) is 5.10 Å². The van der Waals surface area contributed by atoms with Crippen LogP contribution in [0.2, 0.25) is 0 Å². The number of benzene rings is 2. The van der Waals surface area contributed by atoms with E-state index in [2.05, 4.69) is 10.2 Å². The molecule has 1 saturated heterocycles. The van der Waals surface area contributed by atoms with Crippen molar-refractivity contribution in [3.05, 3.63) is 54.1 Å². The average Bonchev–Trinajstić information content (AvgIpc) is 3.34. The first-order valence-electron chi connectivity index (χ1n) is 9.85. The van der Waals surface area contributed by atoms with Crippen LogP contribution in [0.4, 0.5) is 5.69 Å². The van der Waals surface area contributed by atoms with Crippen LogP contribution in [0.1, 0.15) is 25.3 Å². The molecule has 31 heavy (non-hydrogen) atoms. The molecule has 1 fully saturated rings. The third-order valence-corrected chi connectivity index (χ3v) is 5.89. The number of nitrogens with two attached hydrogens (primary N) is 1. The summed E-state index contributed by atoms with van der Waals surface area (Å²) < 4.78 is 10.7. The van der Waals surface area contributed by atoms with Gasteiger partial charge < -0.3 is 15.2 Å². The minimum Gasteiger partial charge on any atom is -0.454 e. The van der Waals surface area contributed by atoms with Gasteiger partial charge in [0.2, 0.25) is 18.6 Å². The van der Waals surface area contributed by atoms with Crippen LogP contribution >= 0.6 is 11.8 Å². The summed E-state index contributed by atoms with van der Waals surface area (Å²) in [5.41, 5.74) is 8.44. The van der Waals surface area contributed by atoms with Gasteiger partial charge in [0, 0.05) is 12.1 Å². The number of carbonyl (C=O) groups excluding carboxylic acids is 2. The smallest absolute Gasteiger partial charge is 0.247 e. The molecular formula is C22H22N4O4S. The van der Waals surface area contributed by atoms with Crippen LogP contribution in [-0.4, -0.2) is 34.7 Å². The molecule has 1 atom stereocenters. The molecule has 0 spiro atoms. The lowest BCUT2D eigenvalue weighted by Gasteiger charge is -2.14. The number of rotatable bonds is 6. The van der Waals surface area contributed by atoms with E-state index in [4.69, 9.17) is 15.2 Å². The Kier molecular flexibility index (Phi) is 6.22. The minimum atomic E-state index is -0.597. The minimum absolute atomic E-state index is 0.0847. The van der Waals surface area contributed by atoms with Crippen LogP contribution in [0.15, 0.2) is 58.7 Å². The quantitative estimate of drug-likeness (QED) is 0.321. The zero-order valence-corrected chi connectivity index (χ0v) is 17.8. The highest BCUT2D eigenvalue weighted by atomic mass is 32.2. The number of para-hydroxylation sites is 1. The lowest BCUT2D eigenvalue weighted by molar-refractivity contribution is -0.121. The van der Waals surface area contributed by atoms with E-state index in [-0.39, 0.29) is 30.2 Å².